The van der Waals surface area contributed by atoms with Crippen molar-refractivity contribution in [3.05, 3.63) is 94.3 Å². The van der Waals surface area contributed by atoms with Crippen molar-refractivity contribution >= 4 is 28.6 Å². The van der Waals surface area contributed by atoms with Crippen LogP contribution in [0.15, 0.2) is 82.7 Å². The number of carbonyl (C=O) groups excluding carboxylic acids is 1. The molecule has 0 fully saturated rings. The van der Waals surface area contributed by atoms with Crippen LogP contribution < -0.4 is 15.0 Å². The highest BCUT2D eigenvalue weighted by Gasteiger charge is 2.16. The van der Waals surface area contributed by atoms with Crippen LogP contribution in [0.2, 0.25) is 0 Å². The average molecular weight is 490 g/mol. The number of para-hydroxylation sites is 1. The summed E-state index contributed by atoms with van der Waals surface area (Å²) in [5.41, 5.74) is 2.37. The summed E-state index contributed by atoms with van der Waals surface area (Å²) in [6.07, 6.45) is 0. The molecule has 180 valence electrons. The number of fused-ring (bicyclic) bond motifs is 1. The Kier molecular flexibility index (Phi) is 7.72. The molecule has 0 aliphatic heterocycles. The third-order valence-electron chi connectivity index (χ3n) is 5.63. The molecule has 4 aromatic rings. The second-order valence-corrected chi connectivity index (χ2v) is 8.96. The highest BCUT2D eigenvalue weighted by Crippen LogP contribution is 2.28. The fraction of sp³-hybridized carbons (Fsp3) is 0.222. The van der Waals surface area contributed by atoms with Crippen molar-refractivity contribution in [1.29, 1.82) is 0 Å². The quantitative estimate of drug-likeness (QED) is 0.259. The summed E-state index contributed by atoms with van der Waals surface area (Å²) in [4.78, 5) is 32.7. The molecule has 0 radical (unpaired) electrons. The summed E-state index contributed by atoms with van der Waals surface area (Å²) >= 11 is 1.26. The fourth-order valence-electron chi connectivity index (χ4n) is 3.74. The van der Waals surface area contributed by atoms with E-state index in [4.69, 9.17) is 14.5 Å². The number of hydrogen-bond acceptors (Lipinski definition) is 6. The lowest BCUT2D eigenvalue weighted by Crippen LogP contribution is -2.29. The Hall–Kier alpha value is -3.78. The zero-order valence-corrected chi connectivity index (χ0v) is 20.7. The number of carbonyl (C=O) groups is 1. The lowest BCUT2D eigenvalue weighted by atomic mass is 10.2. The molecular weight excluding hydrogens is 462 g/mol. The van der Waals surface area contributed by atoms with E-state index in [0.29, 0.717) is 34.1 Å². The first kappa shape index (κ1) is 24.3. The normalized spacial score (nSPS) is 10.8. The first-order valence-electron chi connectivity index (χ1n) is 11.1. The molecule has 0 aliphatic carbocycles. The molecule has 1 aromatic heterocycles. The number of rotatable bonds is 9. The number of hydrogen-bond donors (Lipinski definition) is 0. The van der Waals surface area contributed by atoms with Gasteiger partial charge in [-0.3, -0.25) is 14.2 Å². The predicted octanol–water partition coefficient (Wildman–Crippen LogP) is 4.21. The Balaban J connectivity index is 1.61. The number of ether oxygens (including phenoxy) is 2. The second-order valence-electron chi connectivity index (χ2n) is 8.02. The van der Waals surface area contributed by atoms with Crippen molar-refractivity contribution in [3.63, 3.8) is 0 Å². The maximum absolute atomic E-state index is 13.4. The summed E-state index contributed by atoms with van der Waals surface area (Å²) in [5.74, 6) is 1.32. The minimum absolute atomic E-state index is 0.0427. The molecule has 1 heterocycles. The lowest BCUT2D eigenvalue weighted by Gasteiger charge is -2.18. The summed E-state index contributed by atoms with van der Waals surface area (Å²) in [6.45, 7) is 0.803. The smallest absolute Gasteiger partial charge is 0.262 e. The Morgan fingerprint density at radius 3 is 2.40 bits per heavy atom. The number of amides is 1. The van der Waals surface area contributed by atoms with Crippen LogP contribution in [0, 0.1) is 0 Å². The van der Waals surface area contributed by atoms with Gasteiger partial charge in [0.25, 0.3) is 5.56 Å². The minimum Gasteiger partial charge on any atom is -0.493 e. The molecule has 3 aromatic carbocycles. The van der Waals surface area contributed by atoms with E-state index in [1.54, 1.807) is 36.8 Å². The summed E-state index contributed by atoms with van der Waals surface area (Å²) in [5, 5.41) is 1.02. The maximum Gasteiger partial charge on any atom is 0.262 e. The molecule has 0 spiro atoms. The number of nitrogens with zero attached hydrogens (tertiary/aromatic N) is 3. The van der Waals surface area contributed by atoms with Crippen LogP contribution in [-0.2, 0) is 17.9 Å². The fourth-order valence-corrected chi connectivity index (χ4v) is 4.68. The van der Waals surface area contributed by atoms with Gasteiger partial charge in [-0.2, -0.15) is 0 Å². The number of aromatic nitrogens is 2. The molecule has 4 rings (SSSR count). The van der Waals surface area contributed by atoms with Crippen LogP contribution >= 0.6 is 11.8 Å². The van der Waals surface area contributed by atoms with Crippen molar-refractivity contribution in [2.24, 2.45) is 0 Å². The van der Waals surface area contributed by atoms with E-state index >= 15 is 0 Å². The number of benzene rings is 3. The first-order valence-corrected chi connectivity index (χ1v) is 12.1. The standard InChI is InChI=1S/C27H27N3O4S/c1-29(16-19-9-5-4-6-10-19)25(31)18-35-27-28-22-12-8-7-11-21(22)26(32)30(27)17-20-13-14-23(33-2)24(15-20)34-3/h4-15H,16-18H2,1-3H3. The highest BCUT2D eigenvalue weighted by molar-refractivity contribution is 7.99. The van der Waals surface area contributed by atoms with Gasteiger partial charge in [0, 0.05) is 13.6 Å². The van der Waals surface area contributed by atoms with Crippen molar-refractivity contribution in [3.8, 4) is 11.5 Å². The molecule has 8 heteroatoms. The summed E-state index contributed by atoms with van der Waals surface area (Å²) < 4.78 is 12.4. The summed E-state index contributed by atoms with van der Waals surface area (Å²) in [7, 11) is 4.93. The Morgan fingerprint density at radius 2 is 1.66 bits per heavy atom. The van der Waals surface area contributed by atoms with Gasteiger partial charge in [0.1, 0.15) is 0 Å². The molecule has 0 saturated heterocycles. The number of thioether (sulfide) groups is 1. The van der Waals surface area contributed by atoms with Gasteiger partial charge >= 0.3 is 0 Å². The van der Waals surface area contributed by atoms with E-state index in [2.05, 4.69) is 0 Å². The van der Waals surface area contributed by atoms with Gasteiger partial charge in [-0.25, -0.2) is 4.98 Å². The van der Waals surface area contributed by atoms with E-state index in [0.717, 1.165) is 11.1 Å². The van der Waals surface area contributed by atoms with E-state index in [1.807, 2.05) is 66.7 Å². The van der Waals surface area contributed by atoms with E-state index in [1.165, 1.54) is 11.8 Å². The van der Waals surface area contributed by atoms with Crippen LogP contribution in [0.4, 0.5) is 0 Å². The molecule has 0 saturated carbocycles. The second kappa shape index (κ2) is 11.1. The van der Waals surface area contributed by atoms with Crippen molar-refractivity contribution < 1.29 is 14.3 Å². The van der Waals surface area contributed by atoms with Gasteiger partial charge in [0.2, 0.25) is 5.91 Å². The van der Waals surface area contributed by atoms with Gasteiger partial charge in [-0.05, 0) is 35.4 Å². The minimum atomic E-state index is -0.155. The first-order chi connectivity index (χ1) is 17.0. The van der Waals surface area contributed by atoms with E-state index in [9.17, 15) is 9.59 Å². The number of methoxy groups -OCH3 is 2. The highest BCUT2D eigenvalue weighted by atomic mass is 32.2. The third kappa shape index (κ3) is 5.66. The van der Waals surface area contributed by atoms with Gasteiger partial charge in [0.05, 0.1) is 37.4 Å². The van der Waals surface area contributed by atoms with E-state index in [-0.39, 0.29) is 23.8 Å². The zero-order chi connectivity index (χ0) is 24.8. The van der Waals surface area contributed by atoms with Crippen molar-refractivity contribution in [2.45, 2.75) is 18.2 Å². The Labute approximate surface area is 208 Å². The SMILES string of the molecule is COc1ccc(Cn2c(SCC(=O)N(C)Cc3ccccc3)nc3ccccc3c2=O)cc1OC. The van der Waals surface area contributed by atoms with Crippen molar-refractivity contribution in [2.75, 3.05) is 27.0 Å². The van der Waals surface area contributed by atoms with Crippen LogP contribution in [0.5, 0.6) is 11.5 Å². The molecular formula is C27H27N3O4S. The average Bonchev–Trinajstić information content (AvgIpc) is 2.89. The molecule has 0 N–H and O–H groups in total. The zero-order valence-electron chi connectivity index (χ0n) is 19.9. The molecule has 0 bridgehead atoms. The van der Waals surface area contributed by atoms with Gasteiger partial charge in [-0.1, -0.05) is 60.3 Å². The van der Waals surface area contributed by atoms with Crippen LogP contribution in [0.3, 0.4) is 0 Å². The van der Waals surface area contributed by atoms with E-state index < -0.39 is 0 Å². The Bertz CT molecular complexity index is 1390. The maximum atomic E-state index is 13.4. The third-order valence-corrected chi connectivity index (χ3v) is 6.59. The Morgan fingerprint density at radius 1 is 0.943 bits per heavy atom. The molecule has 0 unspecified atom stereocenters. The topological polar surface area (TPSA) is 73.7 Å². The van der Waals surface area contributed by atoms with Crippen LogP contribution in [0.1, 0.15) is 11.1 Å². The van der Waals surface area contributed by atoms with Crippen LogP contribution in [-0.4, -0.2) is 47.4 Å². The van der Waals surface area contributed by atoms with Crippen LogP contribution in [0.25, 0.3) is 10.9 Å². The molecule has 7 nitrogen and oxygen atoms in total. The summed E-state index contributed by atoms with van der Waals surface area (Å²) in [6, 6.07) is 22.6. The largest absolute Gasteiger partial charge is 0.493 e. The molecule has 35 heavy (non-hydrogen) atoms. The predicted molar refractivity (Wildman–Crippen MR) is 138 cm³/mol. The van der Waals surface area contributed by atoms with Crippen molar-refractivity contribution in [1.82, 2.24) is 14.5 Å². The van der Waals surface area contributed by atoms with Gasteiger partial charge in [0.15, 0.2) is 16.7 Å². The molecule has 1 amide bonds. The monoisotopic (exact) mass is 489 g/mol. The lowest BCUT2D eigenvalue weighted by molar-refractivity contribution is -0.127. The molecule has 0 atom stereocenters. The van der Waals surface area contributed by atoms with Gasteiger partial charge < -0.3 is 14.4 Å². The molecule has 0 aliphatic rings. The van der Waals surface area contributed by atoms with Gasteiger partial charge in [-0.15, -0.1) is 0 Å².